The second-order valence-electron chi connectivity index (χ2n) is 7.06. The van der Waals surface area contributed by atoms with Crippen molar-refractivity contribution in [1.82, 2.24) is 9.80 Å². The quantitative estimate of drug-likeness (QED) is 0.507. The predicted molar refractivity (Wildman–Crippen MR) is 124 cm³/mol. The Morgan fingerprint density at radius 2 is 1.21 bits per heavy atom. The molecule has 3 nitrogen and oxygen atoms in total. The predicted octanol–water partition coefficient (Wildman–Crippen LogP) is 5.42. The average molecular weight is 472 g/mol. The highest BCUT2D eigenvalue weighted by Gasteiger charge is 2.28. The normalized spacial score (nSPS) is 14.5. The molecular weight excluding hydrogens is 448 g/mol. The second-order valence-corrected chi connectivity index (χ2v) is 7.97. The van der Waals surface area contributed by atoms with Crippen LogP contribution in [0.5, 0.6) is 0 Å². The van der Waals surface area contributed by atoms with E-state index in [2.05, 4.69) is 81.5 Å². The summed E-state index contributed by atoms with van der Waals surface area (Å²) in [5.41, 5.74) is 3.34. The molecule has 1 saturated heterocycles. The number of piperazine rings is 1. The largest absolute Gasteiger partial charge is 0.336 e. The Hall–Kier alpha value is -2.14. The molecule has 4 rings (SSSR count). The first-order valence-electron chi connectivity index (χ1n) is 9.61. The maximum Gasteiger partial charge on any atom is 0.253 e. The zero-order valence-corrected chi connectivity index (χ0v) is 18.5. The number of carbonyl (C=O) groups excluding carboxylic acids is 1. The van der Waals surface area contributed by atoms with E-state index in [1.54, 1.807) is 0 Å². The van der Waals surface area contributed by atoms with E-state index in [0.29, 0.717) is 0 Å². The lowest BCUT2D eigenvalue weighted by molar-refractivity contribution is 0.0597. The fourth-order valence-corrected chi connectivity index (χ4v) is 4.11. The van der Waals surface area contributed by atoms with E-state index in [4.69, 9.17) is 0 Å². The van der Waals surface area contributed by atoms with Gasteiger partial charge >= 0.3 is 0 Å². The maximum atomic E-state index is 12.8. The smallest absolute Gasteiger partial charge is 0.253 e. The van der Waals surface area contributed by atoms with Crippen LogP contribution in [0.4, 0.5) is 0 Å². The first-order valence-corrected chi connectivity index (χ1v) is 10.4. The van der Waals surface area contributed by atoms with E-state index >= 15 is 0 Å². The van der Waals surface area contributed by atoms with Gasteiger partial charge in [0.05, 0.1) is 6.04 Å². The highest BCUT2D eigenvalue weighted by Crippen LogP contribution is 2.29. The zero-order chi connectivity index (χ0) is 19.3. The highest BCUT2D eigenvalue weighted by molar-refractivity contribution is 9.10. The fourth-order valence-electron chi connectivity index (χ4n) is 3.84. The van der Waals surface area contributed by atoms with Gasteiger partial charge in [0.1, 0.15) is 0 Å². The van der Waals surface area contributed by atoms with Crippen molar-refractivity contribution in [1.29, 1.82) is 0 Å². The molecule has 1 aliphatic rings. The second kappa shape index (κ2) is 10.1. The third-order valence-electron chi connectivity index (χ3n) is 5.29. The van der Waals surface area contributed by atoms with Crippen LogP contribution >= 0.6 is 28.3 Å². The molecule has 0 spiro atoms. The lowest BCUT2D eigenvalue weighted by Gasteiger charge is -2.39. The van der Waals surface area contributed by atoms with Crippen molar-refractivity contribution in [3.8, 4) is 0 Å². The van der Waals surface area contributed by atoms with Crippen molar-refractivity contribution in [2.45, 2.75) is 6.04 Å². The van der Waals surface area contributed by atoms with Crippen LogP contribution in [0, 0.1) is 0 Å². The fraction of sp³-hybridized carbons (Fsp3) is 0.208. The summed E-state index contributed by atoms with van der Waals surface area (Å²) in [6.07, 6.45) is 0. The van der Waals surface area contributed by atoms with Gasteiger partial charge in [-0.3, -0.25) is 9.69 Å². The molecular formula is C24H24BrClN2O. The maximum absolute atomic E-state index is 12.8. The molecule has 1 aliphatic heterocycles. The molecule has 0 aromatic heterocycles. The number of nitrogens with zero attached hydrogens (tertiary/aromatic N) is 2. The minimum Gasteiger partial charge on any atom is -0.336 e. The molecule has 0 N–H and O–H groups in total. The van der Waals surface area contributed by atoms with Crippen molar-refractivity contribution in [2.75, 3.05) is 26.2 Å². The van der Waals surface area contributed by atoms with Gasteiger partial charge in [0.15, 0.2) is 0 Å². The van der Waals surface area contributed by atoms with Gasteiger partial charge in [-0.1, -0.05) is 76.6 Å². The third-order valence-corrected chi connectivity index (χ3v) is 5.82. The van der Waals surface area contributed by atoms with E-state index in [-0.39, 0.29) is 24.4 Å². The standard InChI is InChI=1S/C24H23BrN2O.ClH/c25-22-13-11-21(12-14-22)24(28)27-17-15-26(16-18-27)23(19-7-3-1-4-8-19)20-9-5-2-6-10-20;/h1-14,23H,15-18H2;1H. The molecule has 0 atom stereocenters. The molecule has 0 bridgehead atoms. The van der Waals surface area contributed by atoms with Gasteiger partial charge in [-0.2, -0.15) is 0 Å². The van der Waals surface area contributed by atoms with Crippen molar-refractivity contribution in [3.05, 3.63) is 106 Å². The van der Waals surface area contributed by atoms with Gasteiger partial charge < -0.3 is 4.90 Å². The molecule has 3 aromatic carbocycles. The Kier molecular flexibility index (Phi) is 7.48. The summed E-state index contributed by atoms with van der Waals surface area (Å²) in [4.78, 5) is 17.3. The summed E-state index contributed by atoms with van der Waals surface area (Å²) >= 11 is 3.43. The van der Waals surface area contributed by atoms with Gasteiger partial charge in [-0.05, 0) is 35.4 Å². The number of carbonyl (C=O) groups is 1. The third kappa shape index (κ3) is 5.08. The van der Waals surface area contributed by atoms with Crippen LogP contribution in [-0.2, 0) is 0 Å². The SMILES string of the molecule is Cl.O=C(c1ccc(Br)cc1)N1CCN(C(c2ccccc2)c2ccccc2)CC1. The molecule has 0 radical (unpaired) electrons. The lowest BCUT2D eigenvalue weighted by Crippen LogP contribution is -2.49. The van der Waals surface area contributed by atoms with Gasteiger partial charge in [-0.15, -0.1) is 12.4 Å². The summed E-state index contributed by atoms with van der Waals surface area (Å²) in [5, 5.41) is 0. The van der Waals surface area contributed by atoms with Gasteiger partial charge in [-0.25, -0.2) is 0 Å². The molecule has 0 saturated carbocycles. The Morgan fingerprint density at radius 1 is 0.724 bits per heavy atom. The lowest BCUT2D eigenvalue weighted by atomic mass is 9.96. The Balaban J connectivity index is 0.00000240. The van der Waals surface area contributed by atoms with E-state index < -0.39 is 0 Å². The summed E-state index contributed by atoms with van der Waals surface area (Å²) in [6, 6.07) is 29.1. The molecule has 0 aliphatic carbocycles. The molecule has 3 aromatic rings. The number of amides is 1. The number of hydrogen-bond donors (Lipinski definition) is 0. The van der Waals surface area contributed by atoms with Crippen molar-refractivity contribution in [3.63, 3.8) is 0 Å². The minimum absolute atomic E-state index is 0. The zero-order valence-electron chi connectivity index (χ0n) is 16.1. The number of halogens is 2. The molecule has 1 heterocycles. The topological polar surface area (TPSA) is 23.6 Å². The van der Waals surface area contributed by atoms with Crippen LogP contribution in [0.2, 0.25) is 0 Å². The van der Waals surface area contributed by atoms with Crippen molar-refractivity contribution < 1.29 is 4.79 Å². The summed E-state index contributed by atoms with van der Waals surface area (Å²) in [5.74, 6) is 0.114. The molecule has 1 fully saturated rings. The highest BCUT2D eigenvalue weighted by atomic mass is 79.9. The molecule has 1 amide bonds. The Morgan fingerprint density at radius 3 is 1.69 bits per heavy atom. The summed E-state index contributed by atoms with van der Waals surface area (Å²) < 4.78 is 0.988. The van der Waals surface area contributed by atoms with Crippen molar-refractivity contribution in [2.24, 2.45) is 0 Å². The number of benzene rings is 3. The monoisotopic (exact) mass is 470 g/mol. The van der Waals surface area contributed by atoms with Gasteiger partial charge in [0.25, 0.3) is 5.91 Å². The number of rotatable bonds is 4. The Labute approximate surface area is 186 Å². The van der Waals surface area contributed by atoms with E-state index in [9.17, 15) is 4.79 Å². The first kappa shape index (κ1) is 21.6. The molecule has 150 valence electrons. The molecule has 29 heavy (non-hydrogen) atoms. The van der Waals surface area contributed by atoms with Crippen LogP contribution in [0.1, 0.15) is 27.5 Å². The van der Waals surface area contributed by atoms with Gasteiger partial charge in [0, 0.05) is 36.2 Å². The van der Waals surface area contributed by atoms with Gasteiger partial charge in [0.2, 0.25) is 0 Å². The van der Waals surface area contributed by atoms with Crippen LogP contribution < -0.4 is 0 Å². The minimum atomic E-state index is 0. The van der Waals surface area contributed by atoms with Crippen LogP contribution in [0.3, 0.4) is 0 Å². The molecule has 5 heteroatoms. The first-order chi connectivity index (χ1) is 13.7. The van der Waals surface area contributed by atoms with E-state index in [1.165, 1.54) is 11.1 Å². The molecule has 0 unspecified atom stereocenters. The Bertz CT molecular complexity index is 871. The van der Waals surface area contributed by atoms with E-state index in [1.807, 2.05) is 29.2 Å². The summed E-state index contributed by atoms with van der Waals surface area (Å²) in [6.45, 7) is 3.20. The van der Waals surface area contributed by atoms with Crippen LogP contribution in [0.15, 0.2) is 89.4 Å². The van der Waals surface area contributed by atoms with Crippen LogP contribution in [-0.4, -0.2) is 41.9 Å². The van der Waals surface area contributed by atoms with E-state index in [0.717, 1.165) is 36.2 Å². The number of hydrogen-bond acceptors (Lipinski definition) is 2. The van der Waals surface area contributed by atoms with Crippen molar-refractivity contribution >= 4 is 34.2 Å². The van der Waals surface area contributed by atoms with Crippen LogP contribution in [0.25, 0.3) is 0 Å². The average Bonchev–Trinajstić information content (AvgIpc) is 2.76. The summed E-state index contributed by atoms with van der Waals surface area (Å²) in [7, 11) is 0.